The van der Waals surface area contributed by atoms with Crippen LogP contribution in [0.3, 0.4) is 0 Å². The summed E-state index contributed by atoms with van der Waals surface area (Å²) < 4.78 is 6.29. The highest BCUT2D eigenvalue weighted by Gasteiger charge is 2.36. The largest absolute Gasteiger partial charge is 0.457 e. The number of para-hydroxylation sites is 1. The van der Waals surface area contributed by atoms with Crippen LogP contribution in [0.4, 0.5) is 0 Å². The van der Waals surface area contributed by atoms with Crippen LogP contribution in [-0.2, 0) is 5.41 Å². The summed E-state index contributed by atoms with van der Waals surface area (Å²) in [6.07, 6.45) is 0. The lowest BCUT2D eigenvalue weighted by Crippen LogP contribution is -2.25. The SMILES string of the molecule is CC1(C)c2cc(-c3nc(-c4ccc(-c5ccccc5)cc4)nc4ccccc34)ccc2Oc2cccc(C#N)c21. The van der Waals surface area contributed by atoms with Crippen molar-refractivity contribution in [2.75, 3.05) is 0 Å². The molecule has 1 aliphatic heterocycles. The zero-order valence-corrected chi connectivity index (χ0v) is 22.2. The molecule has 0 radical (unpaired) electrons. The highest BCUT2D eigenvalue weighted by molar-refractivity contribution is 5.94. The number of aromatic nitrogens is 2. The van der Waals surface area contributed by atoms with Crippen molar-refractivity contribution in [3.63, 3.8) is 0 Å². The number of hydrogen-bond acceptors (Lipinski definition) is 4. The van der Waals surface area contributed by atoms with E-state index in [0.717, 1.165) is 55.9 Å². The van der Waals surface area contributed by atoms with Crippen LogP contribution in [-0.4, -0.2) is 9.97 Å². The van der Waals surface area contributed by atoms with Gasteiger partial charge in [-0.05, 0) is 47.5 Å². The molecular formula is C36H25N3O. The predicted octanol–water partition coefficient (Wildman–Crippen LogP) is 8.93. The first-order valence-corrected chi connectivity index (χ1v) is 13.3. The fourth-order valence-corrected chi connectivity index (χ4v) is 5.73. The Labute approximate surface area is 233 Å². The second-order valence-electron chi connectivity index (χ2n) is 10.6. The first-order valence-electron chi connectivity index (χ1n) is 13.3. The van der Waals surface area contributed by atoms with Crippen molar-refractivity contribution in [2.24, 2.45) is 0 Å². The fourth-order valence-electron chi connectivity index (χ4n) is 5.73. The van der Waals surface area contributed by atoms with E-state index in [-0.39, 0.29) is 0 Å². The van der Waals surface area contributed by atoms with Crippen LogP contribution in [0.5, 0.6) is 11.5 Å². The molecule has 0 spiro atoms. The summed E-state index contributed by atoms with van der Waals surface area (Å²) in [5, 5.41) is 10.8. The topological polar surface area (TPSA) is 58.8 Å². The Balaban J connectivity index is 1.36. The molecule has 4 nitrogen and oxygen atoms in total. The lowest BCUT2D eigenvalue weighted by molar-refractivity contribution is 0.417. The van der Waals surface area contributed by atoms with Gasteiger partial charge in [0.15, 0.2) is 5.82 Å². The average Bonchev–Trinajstić information content (AvgIpc) is 3.00. The van der Waals surface area contributed by atoms with E-state index in [1.54, 1.807) is 0 Å². The molecule has 0 bridgehead atoms. The van der Waals surface area contributed by atoms with Crippen LogP contribution in [0, 0.1) is 11.3 Å². The van der Waals surface area contributed by atoms with Crippen molar-refractivity contribution in [3.05, 3.63) is 132 Å². The van der Waals surface area contributed by atoms with Gasteiger partial charge in [-0.2, -0.15) is 5.26 Å². The first-order chi connectivity index (χ1) is 19.5. The zero-order chi connectivity index (χ0) is 27.3. The Bertz CT molecular complexity index is 1950. The molecule has 5 aromatic carbocycles. The van der Waals surface area contributed by atoms with Gasteiger partial charge in [0, 0.05) is 33.1 Å². The number of nitrogens with zero attached hydrogens (tertiary/aromatic N) is 3. The predicted molar refractivity (Wildman–Crippen MR) is 159 cm³/mol. The molecule has 0 aliphatic carbocycles. The third-order valence-electron chi connectivity index (χ3n) is 7.77. The highest BCUT2D eigenvalue weighted by Crippen LogP contribution is 2.50. The van der Waals surface area contributed by atoms with Crippen LogP contribution in [0.1, 0.15) is 30.5 Å². The summed E-state index contributed by atoms with van der Waals surface area (Å²) in [7, 11) is 0. The van der Waals surface area contributed by atoms with Crippen LogP contribution in [0.25, 0.3) is 44.7 Å². The molecule has 0 amide bonds. The molecule has 4 heteroatoms. The van der Waals surface area contributed by atoms with E-state index < -0.39 is 5.41 Å². The second-order valence-corrected chi connectivity index (χ2v) is 10.6. The molecule has 1 aromatic heterocycles. The highest BCUT2D eigenvalue weighted by atomic mass is 16.5. The van der Waals surface area contributed by atoms with E-state index in [0.29, 0.717) is 11.4 Å². The summed E-state index contributed by atoms with van der Waals surface area (Å²) in [5.74, 6) is 2.21. The number of fused-ring (bicyclic) bond motifs is 3. The average molecular weight is 516 g/mol. The summed E-state index contributed by atoms with van der Waals surface area (Å²) in [4.78, 5) is 10.0. The number of hydrogen-bond donors (Lipinski definition) is 0. The molecule has 7 rings (SSSR count). The number of ether oxygens (including phenoxy) is 1. The lowest BCUT2D eigenvalue weighted by Gasteiger charge is -2.35. The smallest absolute Gasteiger partial charge is 0.160 e. The van der Waals surface area contributed by atoms with E-state index in [1.165, 1.54) is 5.56 Å². The molecule has 1 aliphatic rings. The van der Waals surface area contributed by atoms with Gasteiger partial charge in [-0.1, -0.05) is 92.7 Å². The first kappa shape index (κ1) is 23.8. The maximum absolute atomic E-state index is 9.82. The van der Waals surface area contributed by atoms with Crippen molar-refractivity contribution in [1.29, 1.82) is 5.26 Å². The van der Waals surface area contributed by atoms with Gasteiger partial charge < -0.3 is 4.74 Å². The number of benzene rings is 5. The number of rotatable bonds is 3. The van der Waals surface area contributed by atoms with Crippen LogP contribution < -0.4 is 4.74 Å². The molecule has 2 heterocycles. The molecule has 0 saturated carbocycles. The maximum Gasteiger partial charge on any atom is 0.160 e. The van der Waals surface area contributed by atoms with Crippen molar-refractivity contribution in [1.82, 2.24) is 9.97 Å². The Morgan fingerprint density at radius 1 is 0.650 bits per heavy atom. The minimum atomic E-state index is -0.426. The summed E-state index contributed by atoms with van der Waals surface area (Å²) in [6.45, 7) is 4.30. The van der Waals surface area contributed by atoms with E-state index in [4.69, 9.17) is 14.7 Å². The third kappa shape index (κ3) is 3.83. The maximum atomic E-state index is 9.82. The van der Waals surface area contributed by atoms with E-state index in [1.807, 2.05) is 60.7 Å². The standard InChI is InChI=1S/C36H25N3O/c1-36(2)29-21-26(19-20-31(29)40-32-14-8-11-27(22-37)33(32)36)34-28-12-6-7-13-30(28)38-35(39-34)25-17-15-24(16-18-25)23-9-4-3-5-10-23/h3-21H,1-2H3. The van der Waals surface area contributed by atoms with Crippen molar-refractivity contribution in [3.8, 4) is 51.3 Å². The number of nitriles is 1. The molecule has 0 N–H and O–H groups in total. The van der Waals surface area contributed by atoms with Gasteiger partial charge in [0.25, 0.3) is 0 Å². The van der Waals surface area contributed by atoms with Gasteiger partial charge in [-0.25, -0.2) is 9.97 Å². The Morgan fingerprint density at radius 3 is 2.15 bits per heavy atom. The van der Waals surface area contributed by atoms with E-state index in [9.17, 15) is 5.26 Å². The summed E-state index contributed by atoms with van der Waals surface area (Å²) in [6, 6.07) is 41.1. The molecule has 0 unspecified atom stereocenters. The fraction of sp³-hybridized carbons (Fsp3) is 0.0833. The van der Waals surface area contributed by atoms with Gasteiger partial charge in [0.05, 0.1) is 22.8 Å². The Hall–Kier alpha value is -5.27. The minimum absolute atomic E-state index is 0.426. The molecular weight excluding hydrogens is 490 g/mol. The Kier molecular flexibility index (Phi) is 5.47. The second kappa shape index (κ2) is 9.18. The lowest BCUT2D eigenvalue weighted by atomic mass is 9.73. The van der Waals surface area contributed by atoms with Gasteiger partial charge in [0.1, 0.15) is 11.5 Å². The van der Waals surface area contributed by atoms with Gasteiger partial charge >= 0.3 is 0 Å². The molecule has 190 valence electrons. The monoisotopic (exact) mass is 515 g/mol. The summed E-state index contributed by atoms with van der Waals surface area (Å²) >= 11 is 0. The summed E-state index contributed by atoms with van der Waals surface area (Å²) in [5.41, 5.74) is 8.16. The van der Waals surface area contributed by atoms with Crippen molar-refractivity contribution >= 4 is 10.9 Å². The molecule has 0 fully saturated rings. The van der Waals surface area contributed by atoms with Crippen LogP contribution >= 0.6 is 0 Å². The minimum Gasteiger partial charge on any atom is -0.457 e. The van der Waals surface area contributed by atoms with Crippen molar-refractivity contribution < 1.29 is 4.74 Å². The van der Waals surface area contributed by atoms with Gasteiger partial charge in [-0.15, -0.1) is 0 Å². The third-order valence-corrected chi connectivity index (χ3v) is 7.77. The van der Waals surface area contributed by atoms with Crippen LogP contribution in [0.15, 0.2) is 115 Å². The zero-order valence-electron chi connectivity index (χ0n) is 22.2. The van der Waals surface area contributed by atoms with Crippen molar-refractivity contribution in [2.45, 2.75) is 19.3 Å². The molecule has 0 atom stereocenters. The molecule has 0 saturated heterocycles. The van der Waals surface area contributed by atoms with Gasteiger partial charge in [0.2, 0.25) is 0 Å². The van der Waals surface area contributed by atoms with E-state index in [2.05, 4.69) is 74.5 Å². The molecule has 40 heavy (non-hydrogen) atoms. The Morgan fingerprint density at radius 2 is 1.35 bits per heavy atom. The van der Waals surface area contributed by atoms with Gasteiger partial charge in [-0.3, -0.25) is 0 Å². The molecule has 6 aromatic rings. The quantitative estimate of drug-likeness (QED) is 0.236. The normalized spacial score (nSPS) is 13.1. The van der Waals surface area contributed by atoms with E-state index >= 15 is 0 Å². The van der Waals surface area contributed by atoms with Crippen LogP contribution in [0.2, 0.25) is 0 Å².